The number of aromatic carboxylic acids is 1. The average molecular weight is 260 g/mol. The predicted molar refractivity (Wildman–Crippen MR) is 67.9 cm³/mol. The van der Waals surface area contributed by atoms with Gasteiger partial charge in [-0.3, -0.25) is 9.78 Å². The second-order valence-corrected chi connectivity index (χ2v) is 5.41. The molecule has 0 radical (unpaired) electrons. The van der Waals surface area contributed by atoms with Gasteiger partial charge in [-0.25, -0.2) is 4.79 Å². The van der Waals surface area contributed by atoms with E-state index >= 15 is 0 Å². The van der Waals surface area contributed by atoms with E-state index in [0.717, 1.165) is 0 Å². The summed E-state index contributed by atoms with van der Waals surface area (Å²) in [6, 6.07) is 2.97. The van der Waals surface area contributed by atoms with Crippen LogP contribution >= 0.6 is 0 Å². The Morgan fingerprint density at radius 3 is 2.42 bits per heavy atom. The zero-order valence-electron chi connectivity index (χ0n) is 10.5. The monoisotopic (exact) mass is 260 g/mol. The standard InChI is InChI=1S/C14H16N2O3/c17-13(11-7-10(14(18)19)5-6-15-11)16-12(8-1-2-8)9-3-4-9/h5-9,12H,1-4H2,(H,16,17)(H,18,19). The van der Waals surface area contributed by atoms with Crippen LogP contribution < -0.4 is 5.32 Å². The molecule has 2 aliphatic carbocycles. The number of carbonyl (C=O) groups excluding carboxylic acids is 1. The third-order valence-corrected chi connectivity index (χ3v) is 3.80. The second-order valence-electron chi connectivity index (χ2n) is 5.41. The largest absolute Gasteiger partial charge is 0.478 e. The van der Waals surface area contributed by atoms with Crippen molar-refractivity contribution >= 4 is 11.9 Å². The number of nitrogens with one attached hydrogen (secondary N) is 1. The van der Waals surface area contributed by atoms with Crippen molar-refractivity contribution in [3.05, 3.63) is 29.6 Å². The van der Waals surface area contributed by atoms with E-state index in [1.54, 1.807) is 0 Å². The Kier molecular flexibility index (Phi) is 2.97. The van der Waals surface area contributed by atoms with Crippen LogP contribution in [0.15, 0.2) is 18.3 Å². The van der Waals surface area contributed by atoms with Crippen LogP contribution in [-0.2, 0) is 0 Å². The molecule has 0 unspecified atom stereocenters. The Labute approximate surface area is 111 Å². The van der Waals surface area contributed by atoms with E-state index in [-0.39, 0.29) is 23.2 Å². The topological polar surface area (TPSA) is 79.3 Å². The average Bonchev–Trinajstić information content (AvgIpc) is 3.29. The summed E-state index contributed by atoms with van der Waals surface area (Å²) in [7, 11) is 0. The number of pyridine rings is 1. The van der Waals surface area contributed by atoms with Crippen LogP contribution in [0.3, 0.4) is 0 Å². The summed E-state index contributed by atoms with van der Waals surface area (Å²) in [5.74, 6) is -0.0810. The Balaban J connectivity index is 1.72. The molecule has 1 amide bonds. The molecule has 2 fully saturated rings. The van der Waals surface area contributed by atoms with E-state index < -0.39 is 5.97 Å². The number of hydrogen-bond acceptors (Lipinski definition) is 3. The maximum Gasteiger partial charge on any atom is 0.335 e. The molecular formula is C14H16N2O3. The van der Waals surface area contributed by atoms with Gasteiger partial charge in [0, 0.05) is 12.2 Å². The van der Waals surface area contributed by atoms with E-state index in [0.29, 0.717) is 11.8 Å². The van der Waals surface area contributed by atoms with Crippen molar-refractivity contribution in [1.29, 1.82) is 0 Å². The van der Waals surface area contributed by atoms with Gasteiger partial charge in [-0.1, -0.05) is 0 Å². The molecule has 0 bridgehead atoms. The van der Waals surface area contributed by atoms with Gasteiger partial charge in [0.1, 0.15) is 5.69 Å². The number of hydrogen-bond donors (Lipinski definition) is 2. The number of nitrogens with zero attached hydrogens (tertiary/aromatic N) is 1. The highest BCUT2D eigenvalue weighted by molar-refractivity contribution is 5.95. The molecule has 2 N–H and O–H groups in total. The Hall–Kier alpha value is -1.91. The lowest BCUT2D eigenvalue weighted by molar-refractivity contribution is 0.0696. The van der Waals surface area contributed by atoms with Gasteiger partial charge in [0.2, 0.25) is 0 Å². The highest BCUT2D eigenvalue weighted by Gasteiger charge is 2.42. The quantitative estimate of drug-likeness (QED) is 0.844. The third kappa shape index (κ3) is 2.75. The van der Waals surface area contributed by atoms with E-state index in [4.69, 9.17) is 5.11 Å². The lowest BCUT2D eigenvalue weighted by Gasteiger charge is -2.17. The van der Waals surface area contributed by atoms with Crippen LogP contribution in [0.2, 0.25) is 0 Å². The van der Waals surface area contributed by atoms with E-state index in [9.17, 15) is 9.59 Å². The molecule has 0 spiro atoms. The molecule has 0 aromatic carbocycles. The molecule has 1 aromatic heterocycles. The Morgan fingerprint density at radius 2 is 1.89 bits per heavy atom. The molecule has 0 atom stereocenters. The summed E-state index contributed by atoms with van der Waals surface area (Å²) >= 11 is 0. The first-order valence-corrected chi connectivity index (χ1v) is 6.65. The molecule has 3 rings (SSSR count). The number of rotatable bonds is 5. The lowest BCUT2D eigenvalue weighted by atomic mass is 10.1. The lowest BCUT2D eigenvalue weighted by Crippen LogP contribution is -2.38. The number of carboxylic acid groups (broad SMARTS) is 1. The van der Waals surface area contributed by atoms with Gasteiger partial charge in [-0.05, 0) is 49.7 Å². The Morgan fingerprint density at radius 1 is 1.26 bits per heavy atom. The molecule has 2 aliphatic rings. The fourth-order valence-corrected chi connectivity index (χ4v) is 2.44. The molecule has 2 saturated carbocycles. The summed E-state index contributed by atoms with van der Waals surface area (Å²) < 4.78 is 0. The molecule has 0 saturated heterocycles. The minimum absolute atomic E-state index is 0.0922. The minimum atomic E-state index is -1.04. The molecule has 1 heterocycles. The van der Waals surface area contributed by atoms with E-state index in [1.807, 2.05) is 0 Å². The van der Waals surface area contributed by atoms with Gasteiger partial charge in [0.25, 0.3) is 5.91 Å². The number of carbonyl (C=O) groups is 2. The summed E-state index contributed by atoms with van der Waals surface area (Å²) in [5.41, 5.74) is 0.278. The number of aromatic nitrogens is 1. The smallest absolute Gasteiger partial charge is 0.335 e. The molecular weight excluding hydrogens is 244 g/mol. The Bertz CT molecular complexity index is 509. The molecule has 100 valence electrons. The SMILES string of the molecule is O=C(O)c1ccnc(C(=O)NC(C2CC2)C2CC2)c1. The summed E-state index contributed by atoms with van der Waals surface area (Å²) in [5, 5.41) is 11.9. The van der Waals surface area contributed by atoms with Gasteiger partial charge in [-0.15, -0.1) is 0 Å². The minimum Gasteiger partial charge on any atom is -0.478 e. The van der Waals surface area contributed by atoms with Crippen molar-refractivity contribution in [2.24, 2.45) is 11.8 Å². The summed E-state index contributed by atoms with van der Waals surface area (Å²) in [6.45, 7) is 0. The fourth-order valence-electron chi connectivity index (χ4n) is 2.44. The molecule has 5 nitrogen and oxygen atoms in total. The zero-order chi connectivity index (χ0) is 13.4. The molecule has 5 heteroatoms. The van der Waals surface area contributed by atoms with Crippen molar-refractivity contribution in [1.82, 2.24) is 10.3 Å². The number of carboxylic acids is 1. The van der Waals surface area contributed by atoms with E-state index in [1.165, 1.54) is 44.0 Å². The predicted octanol–water partition coefficient (Wildman–Crippen LogP) is 1.70. The first kappa shape index (κ1) is 12.1. The normalized spacial score (nSPS) is 18.4. The fraction of sp³-hybridized carbons (Fsp3) is 0.500. The summed E-state index contributed by atoms with van der Waals surface area (Å²) in [4.78, 5) is 27.0. The van der Waals surface area contributed by atoms with Crippen molar-refractivity contribution < 1.29 is 14.7 Å². The van der Waals surface area contributed by atoms with Crippen molar-refractivity contribution in [3.8, 4) is 0 Å². The maximum absolute atomic E-state index is 12.1. The van der Waals surface area contributed by atoms with E-state index in [2.05, 4.69) is 10.3 Å². The first-order chi connectivity index (χ1) is 9.15. The van der Waals surface area contributed by atoms with Crippen molar-refractivity contribution in [2.75, 3.05) is 0 Å². The first-order valence-electron chi connectivity index (χ1n) is 6.65. The van der Waals surface area contributed by atoms with Crippen LogP contribution in [0.25, 0.3) is 0 Å². The van der Waals surface area contributed by atoms with Crippen LogP contribution in [0.1, 0.15) is 46.5 Å². The molecule has 0 aliphatic heterocycles. The summed E-state index contributed by atoms with van der Waals surface area (Å²) in [6.07, 6.45) is 6.10. The van der Waals surface area contributed by atoms with Crippen molar-refractivity contribution in [2.45, 2.75) is 31.7 Å². The zero-order valence-corrected chi connectivity index (χ0v) is 10.5. The van der Waals surface area contributed by atoms with Crippen LogP contribution in [0.4, 0.5) is 0 Å². The van der Waals surface area contributed by atoms with Crippen LogP contribution in [-0.4, -0.2) is 28.0 Å². The van der Waals surface area contributed by atoms with Gasteiger partial charge in [0.05, 0.1) is 5.56 Å². The van der Waals surface area contributed by atoms with Gasteiger partial charge in [-0.2, -0.15) is 0 Å². The number of amides is 1. The molecule has 19 heavy (non-hydrogen) atoms. The van der Waals surface area contributed by atoms with Gasteiger partial charge >= 0.3 is 5.97 Å². The third-order valence-electron chi connectivity index (χ3n) is 3.80. The highest BCUT2D eigenvalue weighted by Crippen LogP contribution is 2.44. The van der Waals surface area contributed by atoms with Crippen LogP contribution in [0, 0.1) is 11.8 Å². The van der Waals surface area contributed by atoms with Crippen LogP contribution in [0.5, 0.6) is 0 Å². The van der Waals surface area contributed by atoms with Crippen molar-refractivity contribution in [3.63, 3.8) is 0 Å². The van der Waals surface area contributed by atoms with Gasteiger partial charge < -0.3 is 10.4 Å². The maximum atomic E-state index is 12.1. The second kappa shape index (κ2) is 4.64. The van der Waals surface area contributed by atoms with Gasteiger partial charge in [0.15, 0.2) is 0 Å². The molecule has 1 aromatic rings. The highest BCUT2D eigenvalue weighted by atomic mass is 16.4.